The summed E-state index contributed by atoms with van der Waals surface area (Å²) in [5, 5.41) is 9.39. The lowest BCUT2D eigenvalue weighted by Crippen LogP contribution is -2.03. The number of aromatic nitrogens is 2. The second-order valence-corrected chi connectivity index (χ2v) is 3.87. The number of nitrogens with zero attached hydrogens (tertiary/aromatic N) is 2. The fourth-order valence-electron chi connectivity index (χ4n) is 0.919. The van der Waals surface area contributed by atoms with E-state index in [1.807, 2.05) is 0 Å². The van der Waals surface area contributed by atoms with Crippen molar-refractivity contribution in [2.75, 3.05) is 5.75 Å². The average molecular weight is 212 g/mol. The van der Waals surface area contributed by atoms with Gasteiger partial charge in [-0.25, -0.2) is 14.8 Å². The lowest BCUT2D eigenvalue weighted by Gasteiger charge is -2.01. The van der Waals surface area contributed by atoms with E-state index in [4.69, 9.17) is 5.11 Å². The van der Waals surface area contributed by atoms with Crippen LogP contribution in [0.3, 0.4) is 0 Å². The topological polar surface area (TPSA) is 63.1 Å². The molecule has 0 aliphatic heterocycles. The maximum Gasteiger partial charge on any atom is 0.339 e. The normalized spacial score (nSPS) is 10.1. The van der Waals surface area contributed by atoms with Crippen LogP contribution in [0.2, 0.25) is 0 Å². The monoisotopic (exact) mass is 212 g/mol. The van der Waals surface area contributed by atoms with E-state index in [0.29, 0.717) is 10.9 Å². The van der Waals surface area contributed by atoms with Crippen molar-refractivity contribution in [1.29, 1.82) is 0 Å². The molecular weight excluding hydrogens is 200 g/mol. The van der Waals surface area contributed by atoms with E-state index >= 15 is 0 Å². The van der Waals surface area contributed by atoms with Crippen LogP contribution in [0.1, 0.15) is 29.4 Å². The molecule has 1 N–H and O–H groups in total. The summed E-state index contributed by atoms with van der Waals surface area (Å²) in [5.41, 5.74) is 0.692. The number of aromatic carboxylic acids is 1. The Morgan fingerprint density at radius 2 is 2.36 bits per heavy atom. The molecule has 5 heteroatoms. The van der Waals surface area contributed by atoms with Gasteiger partial charge < -0.3 is 5.11 Å². The number of carbonyl (C=O) groups is 1. The van der Waals surface area contributed by atoms with Gasteiger partial charge in [0.15, 0.2) is 5.16 Å². The Morgan fingerprint density at radius 1 is 1.64 bits per heavy atom. The molecular formula is C9H12N2O2S. The van der Waals surface area contributed by atoms with Crippen LogP contribution in [0, 0.1) is 6.92 Å². The lowest BCUT2D eigenvalue weighted by atomic mass is 10.2. The zero-order valence-electron chi connectivity index (χ0n) is 8.15. The second kappa shape index (κ2) is 4.95. The molecule has 0 radical (unpaired) electrons. The first-order valence-electron chi connectivity index (χ1n) is 4.35. The van der Waals surface area contributed by atoms with Gasteiger partial charge in [-0.2, -0.15) is 0 Å². The molecule has 76 valence electrons. The van der Waals surface area contributed by atoms with Gasteiger partial charge in [-0.15, -0.1) is 0 Å². The molecule has 1 aromatic rings. The molecule has 0 spiro atoms. The first-order valence-corrected chi connectivity index (χ1v) is 5.33. The molecule has 0 fully saturated rings. The third-order valence-corrected chi connectivity index (χ3v) is 2.69. The van der Waals surface area contributed by atoms with E-state index in [0.717, 1.165) is 12.2 Å². The van der Waals surface area contributed by atoms with E-state index in [1.54, 1.807) is 6.92 Å². The first-order chi connectivity index (χ1) is 6.65. The van der Waals surface area contributed by atoms with Gasteiger partial charge in [-0.3, -0.25) is 0 Å². The summed E-state index contributed by atoms with van der Waals surface area (Å²) in [6.45, 7) is 3.76. The highest BCUT2D eigenvalue weighted by Crippen LogP contribution is 2.15. The fraction of sp³-hybridized carbons (Fsp3) is 0.444. The quantitative estimate of drug-likeness (QED) is 0.610. The summed E-state index contributed by atoms with van der Waals surface area (Å²) in [4.78, 5) is 18.7. The first kappa shape index (κ1) is 11.0. The van der Waals surface area contributed by atoms with Gasteiger partial charge in [0, 0.05) is 11.9 Å². The Balaban J connectivity index is 2.83. The summed E-state index contributed by atoms with van der Waals surface area (Å²) in [5.74, 6) is -0.0270. The molecule has 1 rings (SSSR count). The Bertz CT molecular complexity index is 342. The number of hydrogen-bond acceptors (Lipinski definition) is 4. The molecule has 1 aromatic heterocycles. The van der Waals surface area contributed by atoms with Crippen LogP contribution in [0.5, 0.6) is 0 Å². The predicted molar refractivity (Wildman–Crippen MR) is 54.7 cm³/mol. The van der Waals surface area contributed by atoms with Crippen molar-refractivity contribution in [3.63, 3.8) is 0 Å². The van der Waals surface area contributed by atoms with Gasteiger partial charge in [0.2, 0.25) is 0 Å². The third-order valence-electron chi connectivity index (χ3n) is 1.62. The van der Waals surface area contributed by atoms with Crippen molar-refractivity contribution >= 4 is 17.7 Å². The van der Waals surface area contributed by atoms with Crippen molar-refractivity contribution in [3.05, 3.63) is 17.5 Å². The molecule has 0 unspecified atom stereocenters. The van der Waals surface area contributed by atoms with Crippen molar-refractivity contribution in [2.24, 2.45) is 0 Å². The van der Waals surface area contributed by atoms with Gasteiger partial charge in [0.25, 0.3) is 0 Å². The minimum atomic E-state index is -0.977. The molecule has 0 saturated heterocycles. The van der Waals surface area contributed by atoms with Gasteiger partial charge >= 0.3 is 5.97 Å². The summed E-state index contributed by atoms with van der Waals surface area (Å²) < 4.78 is 0. The maximum absolute atomic E-state index is 10.7. The van der Waals surface area contributed by atoms with E-state index < -0.39 is 5.97 Å². The fourth-order valence-corrected chi connectivity index (χ4v) is 1.63. The summed E-state index contributed by atoms with van der Waals surface area (Å²) >= 11 is 1.54. The molecule has 0 bridgehead atoms. The average Bonchev–Trinajstić information content (AvgIpc) is 2.14. The number of carboxylic acid groups (broad SMARTS) is 1. The number of thioether (sulfide) groups is 1. The molecule has 0 aromatic carbocycles. The van der Waals surface area contributed by atoms with Crippen LogP contribution in [0.4, 0.5) is 0 Å². The second-order valence-electron chi connectivity index (χ2n) is 2.81. The van der Waals surface area contributed by atoms with Crippen molar-refractivity contribution in [3.8, 4) is 0 Å². The molecule has 1 heterocycles. The zero-order chi connectivity index (χ0) is 10.6. The molecule has 0 aliphatic rings. The van der Waals surface area contributed by atoms with Crippen molar-refractivity contribution in [2.45, 2.75) is 25.4 Å². The third kappa shape index (κ3) is 2.70. The molecule has 14 heavy (non-hydrogen) atoms. The van der Waals surface area contributed by atoms with Gasteiger partial charge in [0.1, 0.15) is 0 Å². The Morgan fingerprint density at radius 3 is 2.86 bits per heavy atom. The number of hydrogen-bond donors (Lipinski definition) is 1. The van der Waals surface area contributed by atoms with Gasteiger partial charge in [-0.05, 0) is 13.3 Å². The van der Waals surface area contributed by atoms with Crippen LogP contribution in [0.25, 0.3) is 0 Å². The van der Waals surface area contributed by atoms with Gasteiger partial charge in [-0.1, -0.05) is 18.7 Å². The highest BCUT2D eigenvalue weighted by atomic mass is 32.2. The summed E-state index contributed by atoms with van der Waals surface area (Å²) in [6, 6.07) is 0. The van der Waals surface area contributed by atoms with E-state index in [-0.39, 0.29) is 5.56 Å². The smallest absolute Gasteiger partial charge is 0.339 e. The van der Waals surface area contributed by atoms with Crippen LogP contribution >= 0.6 is 11.8 Å². The molecule has 0 atom stereocenters. The van der Waals surface area contributed by atoms with E-state index in [1.165, 1.54) is 18.0 Å². The standard InChI is InChI=1S/C9H12N2O2S/c1-3-4-14-9-10-5-7(8(12)13)6(2)11-9/h5H,3-4H2,1-2H3,(H,12,13). The number of aryl methyl sites for hydroxylation is 1. The highest BCUT2D eigenvalue weighted by Gasteiger charge is 2.09. The molecule has 0 amide bonds. The Labute approximate surface area is 86.8 Å². The number of rotatable bonds is 4. The number of carboxylic acids is 1. The van der Waals surface area contributed by atoms with Crippen LogP contribution in [-0.2, 0) is 0 Å². The Hall–Kier alpha value is -1.10. The van der Waals surface area contributed by atoms with E-state index in [9.17, 15) is 4.79 Å². The zero-order valence-corrected chi connectivity index (χ0v) is 8.97. The molecule has 4 nitrogen and oxygen atoms in total. The highest BCUT2D eigenvalue weighted by molar-refractivity contribution is 7.99. The van der Waals surface area contributed by atoms with Crippen molar-refractivity contribution < 1.29 is 9.90 Å². The van der Waals surface area contributed by atoms with Crippen LogP contribution in [-0.4, -0.2) is 26.8 Å². The maximum atomic E-state index is 10.7. The van der Waals surface area contributed by atoms with Crippen LogP contribution in [0.15, 0.2) is 11.4 Å². The van der Waals surface area contributed by atoms with E-state index in [2.05, 4.69) is 16.9 Å². The summed E-state index contributed by atoms with van der Waals surface area (Å²) in [6.07, 6.45) is 2.41. The van der Waals surface area contributed by atoms with Crippen molar-refractivity contribution in [1.82, 2.24) is 9.97 Å². The minimum absolute atomic E-state index is 0.172. The van der Waals surface area contributed by atoms with Gasteiger partial charge in [0.05, 0.1) is 11.3 Å². The largest absolute Gasteiger partial charge is 0.478 e. The summed E-state index contributed by atoms with van der Waals surface area (Å²) in [7, 11) is 0. The Kier molecular flexibility index (Phi) is 3.88. The minimum Gasteiger partial charge on any atom is -0.478 e. The molecule has 0 aliphatic carbocycles. The molecule has 0 saturated carbocycles. The van der Waals surface area contributed by atoms with Crippen LogP contribution < -0.4 is 0 Å². The predicted octanol–water partition coefficient (Wildman–Crippen LogP) is 1.99. The SMILES string of the molecule is CCCSc1ncc(C(=O)O)c(C)n1. The lowest BCUT2D eigenvalue weighted by molar-refractivity contribution is 0.0695.